The fraction of sp³-hybridized carbons (Fsp3) is 0.368. The third-order valence-corrected chi connectivity index (χ3v) is 4.90. The Morgan fingerprint density at radius 1 is 1.17 bits per heavy atom. The number of hydrogen-bond donors (Lipinski definition) is 0. The Balaban J connectivity index is 1.41. The summed E-state index contributed by atoms with van der Waals surface area (Å²) in [7, 11) is 0. The Labute approximate surface area is 136 Å². The third-order valence-electron chi connectivity index (χ3n) is 4.90. The second kappa shape index (κ2) is 6.13. The van der Waals surface area contributed by atoms with Crippen LogP contribution >= 0.6 is 0 Å². The molecule has 0 radical (unpaired) electrons. The third kappa shape index (κ3) is 2.86. The number of carbonyl (C=O) groups excluding carboxylic acids is 1. The average Bonchev–Trinajstić information content (AvgIpc) is 3.22. The predicted octanol–water partition coefficient (Wildman–Crippen LogP) is 2.49. The largest absolute Gasteiger partial charge is 0.312 e. The van der Waals surface area contributed by atoms with Gasteiger partial charge in [0.05, 0.1) is 5.92 Å². The molecule has 2 aliphatic rings. The predicted molar refractivity (Wildman–Crippen MR) is 90.1 cm³/mol. The molecule has 0 N–H and O–H groups in total. The van der Waals surface area contributed by atoms with Crippen molar-refractivity contribution in [3.8, 4) is 0 Å². The number of aromatic nitrogens is 1. The lowest BCUT2D eigenvalue weighted by molar-refractivity contribution is -0.121. The van der Waals surface area contributed by atoms with E-state index in [9.17, 15) is 4.79 Å². The van der Waals surface area contributed by atoms with Gasteiger partial charge in [0.1, 0.15) is 0 Å². The molecule has 118 valence electrons. The van der Waals surface area contributed by atoms with Gasteiger partial charge in [-0.15, -0.1) is 0 Å². The van der Waals surface area contributed by atoms with Gasteiger partial charge in [0.25, 0.3) is 0 Å². The molecule has 1 atom stereocenters. The number of fused-ring (bicyclic) bond motifs is 1. The Hall–Kier alpha value is -2.20. The molecule has 1 fully saturated rings. The number of hydrogen-bond acceptors (Lipinski definition) is 3. The number of para-hydroxylation sites is 1. The number of anilines is 1. The Morgan fingerprint density at radius 2 is 2.09 bits per heavy atom. The van der Waals surface area contributed by atoms with E-state index in [0.717, 1.165) is 44.7 Å². The van der Waals surface area contributed by atoms with Crippen LogP contribution in [0.2, 0.25) is 0 Å². The van der Waals surface area contributed by atoms with E-state index >= 15 is 0 Å². The molecule has 2 aromatic rings. The van der Waals surface area contributed by atoms with E-state index < -0.39 is 0 Å². The van der Waals surface area contributed by atoms with Gasteiger partial charge >= 0.3 is 0 Å². The second-order valence-electron chi connectivity index (χ2n) is 6.45. The van der Waals surface area contributed by atoms with Crippen molar-refractivity contribution in [3.63, 3.8) is 0 Å². The molecule has 1 aromatic carbocycles. The van der Waals surface area contributed by atoms with E-state index in [1.54, 1.807) is 6.20 Å². The Morgan fingerprint density at radius 3 is 2.96 bits per heavy atom. The molecule has 4 rings (SSSR count). The molecule has 23 heavy (non-hydrogen) atoms. The smallest absolute Gasteiger partial charge is 0.231 e. The van der Waals surface area contributed by atoms with Crippen molar-refractivity contribution >= 4 is 11.6 Å². The standard InChI is InChI=1S/C19H21N3O/c23-19(22-11-8-16-5-1-2-6-18(16)22)17-7-10-21(14-17)13-15-4-3-9-20-12-15/h1-6,9,12,17H,7-8,10-11,13-14H2. The molecule has 0 spiro atoms. The fourth-order valence-electron chi connectivity index (χ4n) is 3.72. The summed E-state index contributed by atoms with van der Waals surface area (Å²) in [4.78, 5) is 21.4. The summed E-state index contributed by atoms with van der Waals surface area (Å²) in [5.74, 6) is 0.418. The lowest BCUT2D eigenvalue weighted by atomic mass is 10.1. The van der Waals surface area contributed by atoms with Crippen molar-refractivity contribution in [2.24, 2.45) is 5.92 Å². The van der Waals surface area contributed by atoms with E-state index in [1.165, 1.54) is 11.1 Å². The number of amides is 1. The minimum atomic E-state index is 0.123. The first-order valence-corrected chi connectivity index (χ1v) is 8.32. The molecule has 3 heterocycles. The molecular weight excluding hydrogens is 286 g/mol. The summed E-state index contributed by atoms with van der Waals surface area (Å²) in [6.07, 6.45) is 5.64. The molecule has 1 amide bonds. The highest BCUT2D eigenvalue weighted by molar-refractivity contribution is 5.97. The van der Waals surface area contributed by atoms with Crippen LogP contribution < -0.4 is 4.90 Å². The summed E-state index contributed by atoms with van der Waals surface area (Å²) in [5.41, 5.74) is 3.63. The second-order valence-corrected chi connectivity index (χ2v) is 6.45. The van der Waals surface area contributed by atoms with E-state index in [1.807, 2.05) is 23.2 Å². The maximum atomic E-state index is 12.9. The van der Waals surface area contributed by atoms with Gasteiger partial charge in [-0.2, -0.15) is 0 Å². The zero-order valence-corrected chi connectivity index (χ0v) is 13.2. The highest BCUT2D eigenvalue weighted by Crippen LogP contribution is 2.30. The number of pyridine rings is 1. The van der Waals surface area contributed by atoms with Crippen molar-refractivity contribution in [2.75, 3.05) is 24.5 Å². The number of rotatable bonds is 3. The lowest BCUT2D eigenvalue weighted by Crippen LogP contribution is -2.36. The first kappa shape index (κ1) is 14.4. The molecule has 2 aliphatic heterocycles. The SMILES string of the molecule is O=C(C1CCN(Cc2cccnc2)C1)N1CCc2ccccc21. The summed E-state index contributed by atoms with van der Waals surface area (Å²) >= 11 is 0. The number of likely N-dealkylation sites (tertiary alicyclic amines) is 1. The van der Waals surface area contributed by atoms with Crippen molar-refractivity contribution in [3.05, 3.63) is 59.9 Å². The van der Waals surface area contributed by atoms with E-state index in [0.29, 0.717) is 5.91 Å². The van der Waals surface area contributed by atoms with Crippen LogP contribution in [0.4, 0.5) is 5.69 Å². The van der Waals surface area contributed by atoms with Crippen molar-refractivity contribution in [2.45, 2.75) is 19.4 Å². The van der Waals surface area contributed by atoms with Crippen molar-refractivity contribution in [1.82, 2.24) is 9.88 Å². The average molecular weight is 307 g/mol. The number of benzene rings is 1. The summed E-state index contributed by atoms with van der Waals surface area (Å²) in [5, 5.41) is 0. The Kier molecular flexibility index (Phi) is 3.83. The molecule has 1 aromatic heterocycles. The van der Waals surface area contributed by atoms with Crippen LogP contribution in [0.1, 0.15) is 17.5 Å². The highest BCUT2D eigenvalue weighted by atomic mass is 16.2. The monoisotopic (exact) mass is 307 g/mol. The molecule has 0 aliphatic carbocycles. The van der Waals surface area contributed by atoms with Crippen LogP contribution in [0.25, 0.3) is 0 Å². The van der Waals surface area contributed by atoms with Crippen LogP contribution in [-0.4, -0.2) is 35.4 Å². The van der Waals surface area contributed by atoms with Gasteiger partial charge in [-0.25, -0.2) is 0 Å². The van der Waals surface area contributed by atoms with Gasteiger partial charge in [-0.05, 0) is 42.6 Å². The summed E-state index contributed by atoms with van der Waals surface area (Å²) in [6.45, 7) is 3.55. The van der Waals surface area contributed by atoms with Gasteiger partial charge in [-0.1, -0.05) is 24.3 Å². The normalized spacial score (nSPS) is 20.7. The van der Waals surface area contributed by atoms with Gasteiger partial charge in [-0.3, -0.25) is 14.7 Å². The van der Waals surface area contributed by atoms with Crippen LogP contribution in [0.5, 0.6) is 0 Å². The minimum absolute atomic E-state index is 0.123. The van der Waals surface area contributed by atoms with Crippen LogP contribution in [0, 0.1) is 5.92 Å². The van der Waals surface area contributed by atoms with Gasteiger partial charge in [0.15, 0.2) is 0 Å². The highest BCUT2D eigenvalue weighted by Gasteiger charge is 2.34. The quantitative estimate of drug-likeness (QED) is 0.874. The molecule has 0 bridgehead atoms. The van der Waals surface area contributed by atoms with E-state index in [-0.39, 0.29) is 5.92 Å². The molecule has 1 saturated heterocycles. The van der Waals surface area contributed by atoms with E-state index in [2.05, 4.69) is 34.1 Å². The number of nitrogens with zero attached hydrogens (tertiary/aromatic N) is 3. The van der Waals surface area contributed by atoms with Crippen LogP contribution in [0.15, 0.2) is 48.8 Å². The maximum Gasteiger partial charge on any atom is 0.231 e. The van der Waals surface area contributed by atoms with Gasteiger partial charge in [0, 0.05) is 37.7 Å². The summed E-state index contributed by atoms with van der Waals surface area (Å²) < 4.78 is 0. The maximum absolute atomic E-state index is 12.9. The minimum Gasteiger partial charge on any atom is -0.312 e. The molecule has 4 nitrogen and oxygen atoms in total. The van der Waals surface area contributed by atoms with E-state index in [4.69, 9.17) is 0 Å². The van der Waals surface area contributed by atoms with Gasteiger partial charge in [0.2, 0.25) is 5.91 Å². The number of carbonyl (C=O) groups is 1. The topological polar surface area (TPSA) is 36.4 Å². The Bertz CT molecular complexity index is 701. The molecular formula is C19H21N3O. The van der Waals surface area contributed by atoms with Gasteiger partial charge < -0.3 is 4.90 Å². The fourth-order valence-corrected chi connectivity index (χ4v) is 3.72. The molecule has 1 unspecified atom stereocenters. The van der Waals surface area contributed by atoms with Crippen molar-refractivity contribution in [1.29, 1.82) is 0 Å². The lowest BCUT2D eigenvalue weighted by Gasteiger charge is -2.22. The zero-order valence-electron chi connectivity index (χ0n) is 13.2. The molecule has 0 saturated carbocycles. The van der Waals surface area contributed by atoms with Crippen LogP contribution in [0.3, 0.4) is 0 Å². The molecule has 4 heteroatoms. The first-order valence-electron chi connectivity index (χ1n) is 8.32. The van der Waals surface area contributed by atoms with Crippen molar-refractivity contribution < 1.29 is 4.79 Å². The van der Waals surface area contributed by atoms with Crippen LogP contribution in [-0.2, 0) is 17.8 Å². The first-order chi connectivity index (χ1) is 11.3. The zero-order chi connectivity index (χ0) is 15.6. The summed E-state index contributed by atoms with van der Waals surface area (Å²) in [6, 6.07) is 12.3.